The first kappa shape index (κ1) is 101. The van der Waals surface area contributed by atoms with E-state index in [0.717, 1.165) is 117 Å². The lowest BCUT2D eigenvalue weighted by Gasteiger charge is -2.49. The monoisotopic (exact) mass is 1960 g/mol. The highest BCUT2D eigenvalue weighted by atomic mass is 19.1. The number of phenols is 1. The molecule has 6 aliphatic rings. The maximum Gasteiger partial charge on any atom is 0.257 e. The maximum absolute atomic E-state index is 14.7. The molecule has 0 unspecified atom stereocenters. The molecule has 0 aliphatic carbocycles. The van der Waals surface area contributed by atoms with E-state index in [1.807, 2.05) is 60.7 Å². The third-order valence-corrected chi connectivity index (χ3v) is 26.4. The second-order valence-corrected chi connectivity index (χ2v) is 43.5. The van der Waals surface area contributed by atoms with E-state index in [1.165, 1.54) is 30.8 Å². The molecular formula is C104H126F2N32O6. The molecule has 38 nitrogen and oxygen atoms in total. The van der Waals surface area contributed by atoms with Crippen molar-refractivity contribution in [2.75, 3.05) is 48.8 Å². The summed E-state index contributed by atoms with van der Waals surface area (Å²) in [6, 6.07) is 33.6. The summed E-state index contributed by atoms with van der Waals surface area (Å²) in [6.45, 7) is 39.3. The van der Waals surface area contributed by atoms with Gasteiger partial charge in [0.2, 0.25) is 17.6 Å². The van der Waals surface area contributed by atoms with Crippen molar-refractivity contribution < 1.29 is 28.1 Å². The van der Waals surface area contributed by atoms with E-state index in [2.05, 4.69) is 276 Å². The number of anilines is 3. The van der Waals surface area contributed by atoms with Gasteiger partial charge in [0, 0.05) is 198 Å². The van der Waals surface area contributed by atoms with Crippen molar-refractivity contribution in [2.45, 2.75) is 237 Å². The summed E-state index contributed by atoms with van der Waals surface area (Å²) in [5.41, 5.74) is 17.4. The van der Waals surface area contributed by atoms with Gasteiger partial charge in [-0.15, -0.1) is 51.0 Å². The van der Waals surface area contributed by atoms with E-state index in [4.69, 9.17) is 19.9 Å². The quantitative estimate of drug-likeness (QED) is 0.0357. The van der Waals surface area contributed by atoms with Crippen LogP contribution in [0.25, 0.3) is 113 Å². The first-order valence-electron chi connectivity index (χ1n) is 48.3. The highest BCUT2D eigenvalue weighted by Gasteiger charge is 2.47. The fourth-order valence-electron chi connectivity index (χ4n) is 21.3. The van der Waals surface area contributed by atoms with Gasteiger partial charge in [-0.3, -0.25) is 35.1 Å². The van der Waals surface area contributed by atoms with Crippen molar-refractivity contribution >= 4 is 17.3 Å². The number of piperidine rings is 4. The topological polar surface area (TPSA) is 504 Å². The minimum Gasteiger partial charge on any atom is -0.507 e. The molecule has 2 aromatic carbocycles. The highest BCUT2D eigenvalue weighted by molar-refractivity contribution is 5.76. The zero-order valence-corrected chi connectivity index (χ0v) is 84.1. The van der Waals surface area contributed by atoms with Crippen LogP contribution in [0.2, 0.25) is 0 Å². The number of aromatic hydroxyl groups is 1. The smallest absolute Gasteiger partial charge is 0.257 e. The summed E-state index contributed by atoms with van der Waals surface area (Å²) in [5, 5.41) is 104. The number of H-pyrrole nitrogens is 7. The lowest BCUT2D eigenvalue weighted by molar-refractivity contribution is 0.0518. The average Bonchev–Trinajstić information content (AvgIpc) is 1.53. The van der Waals surface area contributed by atoms with E-state index in [0.29, 0.717) is 108 Å². The Morgan fingerprint density at radius 1 is 0.410 bits per heavy atom. The number of nitrogens with one attached hydrogen (secondary N) is 12. The summed E-state index contributed by atoms with van der Waals surface area (Å²) in [5.74, 6) is 2.30. The van der Waals surface area contributed by atoms with E-state index in [-0.39, 0.29) is 90.7 Å². The van der Waals surface area contributed by atoms with Crippen LogP contribution in [0.1, 0.15) is 169 Å². The Morgan fingerprint density at radius 3 is 1.20 bits per heavy atom. The molecule has 0 atom stereocenters. The van der Waals surface area contributed by atoms with Crippen molar-refractivity contribution in [3.8, 4) is 136 Å². The number of hydrogen-bond acceptors (Lipinski definition) is 31. The predicted octanol–water partition coefficient (Wildman–Crippen LogP) is 15.0. The van der Waals surface area contributed by atoms with E-state index >= 15 is 0 Å². The SMILES string of the molecule is CC1(C)CC(Oc2ccc(-c3c(F)cc(-c4cn[nH]c4)cc3F)nn2)CC(C)(C)N1.CC1(C)CC(Oc2ccc(-c3ccc(-c4cn[nH]c4)[nH]c3=O)nn2)CC(C)(C)N1.CC1(C)CC(Oc2ccc(-c3nc(-c4cn[nH]c4)ncc3N)nn2)CC(C)(C)N1.CN(c1ccc(-c2ccc(-c3cn[nH]c3)[nH]c2=O)nn1)C1CC(C)(C)NC(C)(C)C1.Oc1cc(-c2cn[nH]c2)ccc1-c1ccc(N2CC3(CCNC3)C2)nn1. The van der Waals surface area contributed by atoms with Crippen molar-refractivity contribution in [1.82, 2.24) is 148 Å². The zero-order valence-electron chi connectivity index (χ0n) is 84.1. The lowest BCUT2D eigenvalue weighted by Crippen LogP contribution is -2.62. The molecule has 752 valence electrons. The summed E-state index contributed by atoms with van der Waals surface area (Å²) < 4.78 is 47.6. The summed E-state index contributed by atoms with van der Waals surface area (Å²) >= 11 is 0. The van der Waals surface area contributed by atoms with Gasteiger partial charge < -0.3 is 71.4 Å². The molecule has 15 aromatic rings. The van der Waals surface area contributed by atoms with E-state index < -0.39 is 11.6 Å². The molecule has 6 saturated heterocycles. The molecule has 1 spiro atoms. The number of hydrogen-bond donors (Lipinski definition) is 14. The minimum absolute atomic E-state index is 0.00131. The maximum atomic E-state index is 14.7. The molecule has 0 radical (unpaired) electrons. The van der Waals surface area contributed by atoms with E-state index in [9.17, 15) is 23.5 Å². The lowest BCUT2D eigenvalue weighted by atomic mass is 9.79. The van der Waals surface area contributed by atoms with Gasteiger partial charge in [-0.1, -0.05) is 6.07 Å². The third kappa shape index (κ3) is 24.9. The summed E-state index contributed by atoms with van der Waals surface area (Å²) in [6.07, 6.45) is 26.9. The molecule has 15 N–H and O–H groups in total. The number of nitrogens with two attached hydrogens (primary N) is 1. The normalized spacial score (nSPS) is 18.4. The number of aromatic amines is 7. The van der Waals surface area contributed by atoms with Gasteiger partial charge in [0.05, 0.1) is 99.3 Å². The number of aromatic nitrogens is 24. The van der Waals surface area contributed by atoms with Crippen LogP contribution in [0.4, 0.5) is 26.1 Å². The molecule has 19 heterocycles. The van der Waals surface area contributed by atoms with Crippen LogP contribution in [0.15, 0.2) is 193 Å². The van der Waals surface area contributed by atoms with Gasteiger partial charge in [0.25, 0.3) is 11.1 Å². The second-order valence-electron chi connectivity index (χ2n) is 43.5. The Labute approximate surface area is 832 Å². The number of nitrogens with zero attached hydrogens (tertiary/aromatic N) is 19. The molecule has 144 heavy (non-hydrogen) atoms. The van der Waals surface area contributed by atoms with Crippen molar-refractivity contribution in [3.63, 3.8) is 0 Å². The molecule has 6 fully saturated rings. The first-order chi connectivity index (χ1) is 68.4. The van der Waals surface area contributed by atoms with Crippen molar-refractivity contribution in [3.05, 3.63) is 216 Å². The van der Waals surface area contributed by atoms with Gasteiger partial charge in [-0.25, -0.2) is 18.7 Å². The molecule has 0 amide bonds. The number of nitrogen functional groups attached to an aromatic ring is 1. The fraction of sp³-hybridized carbons (Fsp3) is 0.413. The number of halogens is 2. The molecule has 40 heteroatoms. The number of pyridine rings is 2. The Balaban J connectivity index is 0.000000124. The van der Waals surface area contributed by atoms with Crippen LogP contribution < -0.4 is 67.4 Å². The molecular weight excluding hydrogens is 1830 g/mol. The van der Waals surface area contributed by atoms with Gasteiger partial charge in [-0.2, -0.15) is 25.5 Å². The zero-order chi connectivity index (χ0) is 102. The van der Waals surface area contributed by atoms with Gasteiger partial charge in [0.1, 0.15) is 47.1 Å². The van der Waals surface area contributed by atoms with Gasteiger partial charge in [-0.05, 0) is 239 Å². The van der Waals surface area contributed by atoms with Crippen LogP contribution in [0.3, 0.4) is 0 Å². The van der Waals surface area contributed by atoms with Crippen LogP contribution in [-0.2, 0) is 0 Å². The fourth-order valence-corrected chi connectivity index (χ4v) is 21.3. The molecule has 21 rings (SSSR count). The van der Waals surface area contributed by atoms with Crippen LogP contribution in [-0.4, -0.2) is 229 Å². The van der Waals surface area contributed by atoms with E-state index in [1.54, 1.807) is 98.4 Å². The standard InChI is InChI=1S/C22H25F2N5O.C22H29N7O.C21H26N6O2.C20H26N8O.C19H20N6O/c1-21(2)9-15(10-22(3,4)29-21)30-19-6-5-18(27-28-19)20-16(23)7-13(8-17(20)24)14-11-25-26-12-14;1-21(2)10-15(11-22(3,4)28-21)29(5)19-9-8-18(26-27-19)16-6-7-17(25-20(16)30)14-12-23-24-13-14;1-20(2)9-14(10-21(3,4)27-20)29-18-8-7-17(25-26-18)15-5-6-16(24-19(15)28)13-11-22-23-12-13;1-19(2)7-13(8-20(3,4)28-19)29-16-6-5-15(26-27-16)17-14(21)11-22-18(25-17)12-9-23-24-10-12;26-17-7-13(14-8-21-22-9-14)1-2-15(17)16-3-4-18(24-23-16)25-11-19(12-25)5-6-20-10-19/h5-8,11-12,15,29H,9-10H2,1-4H3,(H,25,26);6-9,12-13,15,28H,10-11H2,1-5H3,(H,23,24)(H,25,30);5-8,11-12,14,27H,9-10H2,1-4H3,(H,22,23)(H,24,28);5-6,9-11,13,28H,7-8,21H2,1-4H3,(H,23,24);1-4,7-9,20,26H,5-6,10-12H2,(H,21,22). The molecule has 6 aliphatic heterocycles. The van der Waals surface area contributed by atoms with Crippen LogP contribution in [0, 0.1) is 17.0 Å². The second kappa shape index (κ2) is 40.9. The van der Waals surface area contributed by atoms with Crippen LogP contribution in [0.5, 0.6) is 23.4 Å². The Bertz CT molecular complexity index is 6880. The summed E-state index contributed by atoms with van der Waals surface area (Å²) in [4.78, 5) is 44.0. The first-order valence-corrected chi connectivity index (χ1v) is 48.3. The molecule has 0 saturated carbocycles. The number of benzene rings is 2. The third-order valence-electron chi connectivity index (χ3n) is 26.4. The largest absolute Gasteiger partial charge is 0.507 e. The Morgan fingerprint density at radius 2 is 0.806 bits per heavy atom. The number of rotatable bonds is 19. The van der Waals surface area contributed by atoms with Crippen molar-refractivity contribution in [1.29, 1.82) is 0 Å². The average molecular weight is 1960 g/mol. The van der Waals surface area contributed by atoms with Gasteiger partial charge in [0.15, 0.2) is 17.5 Å². The minimum atomic E-state index is -0.712. The predicted molar refractivity (Wildman–Crippen MR) is 548 cm³/mol. The highest BCUT2D eigenvalue weighted by Crippen LogP contribution is 2.43. The summed E-state index contributed by atoms with van der Waals surface area (Å²) in [7, 11) is 2.07. The van der Waals surface area contributed by atoms with Crippen molar-refractivity contribution in [2.24, 2.45) is 5.41 Å². The Hall–Kier alpha value is -14.9. The number of ether oxygens (including phenoxy) is 3. The van der Waals surface area contributed by atoms with Gasteiger partial charge >= 0.3 is 0 Å². The molecule has 13 aromatic heterocycles. The Kier molecular flexibility index (Phi) is 28.6. The molecule has 0 bridgehead atoms. The number of phenolic OH excluding ortho intramolecular Hbond substituents is 1. The van der Waals surface area contributed by atoms with Crippen LogP contribution >= 0.6 is 0 Å².